The highest BCUT2D eigenvalue weighted by Gasteiger charge is 2.29. The van der Waals surface area contributed by atoms with E-state index in [1.54, 1.807) is 0 Å². The minimum atomic E-state index is 0.350. The van der Waals surface area contributed by atoms with Crippen LogP contribution in [0.15, 0.2) is 0 Å². The summed E-state index contributed by atoms with van der Waals surface area (Å²) in [5.74, 6) is 0.715. The third-order valence-corrected chi connectivity index (χ3v) is 2.78. The predicted molar refractivity (Wildman–Crippen MR) is 44.7 cm³/mol. The van der Waals surface area contributed by atoms with E-state index < -0.39 is 0 Å². The number of hydrogen-bond donors (Lipinski definition) is 0. The highest BCUT2D eigenvalue weighted by atomic mass is 16.5. The molecule has 0 radical (unpaired) electrons. The fourth-order valence-electron chi connectivity index (χ4n) is 1.70. The third-order valence-electron chi connectivity index (χ3n) is 2.78. The van der Waals surface area contributed by atoms with Crippen molar-refractivity contribution in [3.8, 4) is 0 Å². The molecule has 1 heterocycles. The van der Waals surface area contributed by atoms with Crippen LogP contribution in [0.25, 0.3) is 0 Å². The number of rotatable bonds is 1. The molecule has 0 aromatic carbocycles. The lowest BCUT2D eigenvalue weighted by Gasteiger charge is -2.33. The van der Waals surface area contributed by atoms with Crippen LogP contribution in [0.5, 0.6) is 0 Å². The van der Waals surface area contributed by atoms with Crippen molar-refractivity contribution in [1.29, 1.82) is 0 Å². The van der Waals surface area contributed by atoms with Crippen molar-refractivity contribution < 1.29 is 9.53 Å². The number of morpholine rings is 1. The van der Waals surface area contributed by atoms with E-state index >= 15 is 0 Å². The quantitative estimate of drug-likeness (QED) is 0.576. The van der Waals surface area contributed by atoms with Crippen LogP contribution in [0, 0.1) is 5.92 Å². The lowest BCUT2D eigenvalue weighted by molar-refractivity contribution is -0.142. The van der Waals surface area contributed by atoms with Crippen molar-refractivity contribution in [2.24, 2.45) is 5.92 Å². The summed E-state index contributed by atoms with van der Waals surface area (Å²) in [6.45, 7) is 3.04. The minimum Gasteiger partial charge on any atom is -0.378 e. The standard InChI is InChI=1S/C9H15NO2/c11-9(8-2-1-3-8)10-4-6-12-7-5-10/h8H,1-7H2. The zero-order chi connectivity index (χ0) is 8.39. The minimum absolute atomic E-state index is 0.350. The van der Waals surface area contributed by atoms with Crippen molar-refractivity contribution >= 4 is 5.91 Å². The molecule has 1 aliphatic heterocycles. The maximum atomic E-state index is 11.7. The zero-order valence-corrected chi connectivity index (χ0v) is 7.29. The number of carbonyl (C=O) groups is 1. The second-order valence-electron chi connectivity index (χ2n) is 3.57. The summed E-state index contributed by atoms with van der Waals surface area (Å²) < 4.78 is 5.19. The predicted octanol–water partition coefficient (Wildman–Crippen LogP) is 0.645. The first-order valence-electron chi connectivity index (χ1n) is 4.74. The second kappa shape index (κ2) is 3.44. The normalized spacial score (nSPS) is 25.2. The van der Waals surface area contributed by atoms with Crippen LogP contribution in [0.3, 0.4) is 0 Å². The van der Waals surface area contributed by atoms with Gasteiger partial charge in [-0.05, 0) is 12.8 Å². The Bertz CT molecular complexity index is 171. The van der Waals surface area contributed by atoms with Gasteiger partial charge in [-0.1, -0.05) is 6.42 Å². The average Bonchev–Trinajstić information content (AvgIpc) is 2.03. The van der Waals surface area contributed by atoms with E-state index in [-0.39, 0.29) is 0 Å². The zero-order valence-electron chi connectivity index (χ0n) is 7.29. The number of hydrogen-bond acceptors (Lipinski definition) is 2. The van der Waals surface area contributed by atoms with Gasteiger partial charge in [-0.2, -0.15) is 0 Å². The molecule has 0 spiro atoms. The van der Waals surface area contributed by atoms with Gasteiger partial charge >= 0.3 is 0 Å². The van der Waals surface area contributed by atoms with E-state index in [4.69, 9.17) is 4.74 Å². The molecule has 0 bridgehead atoms. The molecule has 3 nitrogen and oxygen atoms in total. The van der Waals surface area contributed by atoms with Crippen LogP contribution in [-0.2, 0) is 9.53 Å². The number of nitrogens with zero attached hydrogens (tertiary/aromatic N) is 1. The van der Waals surface area contributed by atoms with E-state index in [9.17, 15) is 4.79 Å². The molecule has 0 unspecified atom stereocenters. The molecule has 3 heteroatoms. The van der Waals surface area contributed by atoms with Gasteiger partial charge in [0.1, 0.15) is 0 Å². The Kier molecular flexibility index (Phi) is 2.30. The Labute approximate surface area is 72.7 Å². The van der Waals surface area contributed by atoms with Gasteiger partial charge < -0.3 is 9.64 Å². The Morgan fingerprint density at radius 2 is 1.92 bits per heavy atom. The van der Waals surface area contributed by atoms with E-state index in [1.165, 1.54) is 6.42 Å². The Balaban J connectivity index is 1.84. The van der Waals surface area contributed by atoms with Gasteiger partial charge in [-0.25, -0.2) is 0 Å². The van der Waals surface area contributed by atoms with Gasteiger partial charge in [0.25, 0.3) is 0 Å². The maximum absolute atomic E-state index is 11.7. The molecular weight excluding hydrogens is 154 g/mol. The Morgan fingerprint density at radius 1 is 1.25 bits per heavy atom. The van der Waals surface area contributed by atoms with Crippen LogP contribution in [0.1, 0.15) is 19.3 Å². The number of ether oxygens (including phenoxy) is 1. The van der Waals surface area contributed by atoms with Crippen LogP contribution in [-0.4, -0.2) is 37.1 Å². The van der Waals surface area contributed by atoms with Crippen LogP contribution >= 0.6 is 0 Å². The largest absolute Gasteiger partial charge is 0.378 e. The highest BCUT2D eigenvalue weighted by Crippen LogP contribution is 2.28. The molecule has 1 saturated carbocycles. The fourth-order valence-corrected chi connectivity index (χ4v) is 1.70. The number of amides is 1. The van der Waals surface area contributed by atoms with Crippen molar-refractivity contribution in [3.63, 3.8) is 0 Å². The Morgan fingerprint density at radius 3 is 2.42 bits per heavy atom. The SMILES string of the molecule is O=C(C1CCC1)N1CCOCC1. The molecule has 12 heavy (non-hydrogen) atoms. The maximum Gasteiger partial charge on any atom is 0.225 e. The summed E-state index contributed by atoms with van der Waals surface area (Å²) in [6, 6.07) is 0. The van der Waals surface area contributed by atoms with E-state index in [0.29, 0.717) is 11.8 Å². The molecule has 1 saturated heterocycles. The van der Waals surface area contributed by atoms with Gasteiger partial charge in [0.05, 0.1) is 13.2 Å². The second-order valence-corrected chi connectivity index (χ2v) is 3.57. The third kappa shape index (κ3) is 1.46. The summed E-state index contributed by atoms with van der Waals surface area (Å²) in [7, 11) is 0. The highest BCUT2D eigenvalue weighted by molar-refractivity contribution is 5.79. The Hall–Kier alpha value is -0.570. The lowest BCUT2D eigenvalue weighted by atomic mass is 9.84. The molecular formula is C9H15NO2. The first-order chi connectivity index (χ1) is 5.88. The smallest absolute Gasteiger partial charge is 0.225 e. The van der Waals surface area contributed by atoms with E-state index in [1.807, 2.05) is 4.90 Å². The van der Waals surface area contributed by atoms with Gasteiger partial charge in [0.2, 0.25) is 5.91 Å². The first-order valence-corrected chi connectivity index (χ1v) is 4.74. The summed E-state index contributed by atoms with van der Waals surface area (Å²) in [5.41, 5.74) is 0. The van der Waals surface area contributed by atoms with Gasteiger partial charge in [-0.15, -0.1) is 0 Å². The number of carbonyl (C=O) groups excluding carboxylic acids is 1. The van der Waals surface area contributed by atoms with Crippen LogP contribution < -0.4 is 0 Å². The molecule has 0 N–H and O–H groups in total. The van der Waals surface area contributed by atoms with Crippen LogP contribution in [0.4, 0.5) is 0 Å². The molecule has 0 aromatic rings. The van der Waals surface area contributed by atoms with Gasteiger partial charge in [0.15, 0.2) is 0 Å². The molecule has 2 fully saturated rings. The van der Waals surface area contributed by atoms with E-state index in [0.717, 1.165) is 39.1 Å². The molecule has 2 aliphatic rings. The van der Waals surface area contributed by atoms with Gasteiger partial charge in [-0.3, -0.25) is 4.79 Å². The molecule has 1 aliphatic carbocycles. The monoisotopic (exact) mass is 169 g/mol. The summed E-state index contributed by atoms with van der Waals surface area (Å²) in [6.07, 6.45) is 3.45. The van der Waals surface area contributed by atoms with Crippen molar-refractivity contribution in [2.75, 3.05) is 26.3 Å². The molecule has 1 amide bonds. The lowest BCUT2D eigenvalue weighted by Crippen LogP contribution is -2.45. The van der Waals surface area contributed by atoms with Crippen LogP contribution in [0.2, 0.25) is 0 Å². The van der Waals surface area contributed by atoms with Crippen molar-refractivity contribution in [1.82, 2.24) is 4.90 Å². The van der Waals surface area contributed by atoms with Crippen molar-refractivity contribution in [2.45, 2.75) is 19.3 Å². The topological polar surface area (TPSA) is 29.5 Å². The average molecular weight is 169 g/mol. The molecule has 0 aromatic heterocycles. The molecule has 68 valence electrons. The molecule has 2 rings (SSSR count). The summed E-state index contributed by atoms with van der Waals surface area (Å²) in [4.78, 5) is 13.6. The van der Waals surface area contributed by atoms with Crippen molar-refractivity contribution in [3.05, 3.63) is 0 Å². The fraction of sp³-hybridized carbons (Fsp3) is 0.889. The van der Waals surface area contributed by atoms with E-state index in [2.05, 4.69) is 0 Å². The first kappa shape index (κ1) is 8.05. The molecule has 0 atom stereocenters. The summed E-state index contributed by atoms with van der Waals surface area (Å²) >= 11 is 0. The van der Waals surface area contributed by atoms with Gasteiger partial charge in [0, 0.05) is 19.0 Å². The summed E-state index contributed by atoms with van der Waals surface area (Å²) in [5, 5.41) is 0.